The second kappa shape index (κ2) is 11.1. The number of nitrogens with one attached hydrogen (secondary N) is 1. The molecule has 2 fully saturated rings. The van der Waals surface area contributed by atoms with Gasteiger partial charge in [-0.15, -0.1) is 0 Å². The van der Waals surface area contributed by atoms with Gasteiger partial charge in [-0.1, -0.05) is 12.1 Å². The Morgan fingerprint density at radius 1 is 1.03 bits per heavy atom. The summed E-state index contributed by atoms with van der Waals surface area (Å²) in [4.78, 5) is 45.9. The smallest absolute Gasteiger partial charge is 0.414 e. The van der Waals surface area contributed by atoms with Crippen LogP contribution in [0.5, 0.6) is 0 Å². The quantitative estimate of drug-likeness (QED) is 0.254. The number of non-ortho nitro benzene ring substituents is 1. The highest BCUT2D eigenvalue weighted by molar-refractivity contribution is 9.10. The van der Waals surface area contributed by atoms with Gasteiger partial charge in [0.05, 0.1) is 18.0 Å². The molecule has 5 rings (SSSR count). The number of carbonyl (C=O) groups is 2. The molecule has 2 aliphatic rings. The molecule has 1 atom stereocenters. The second-order valence-electron chi connectivity index (χ2n) is 8.94. The van der Waals surface area contributed by atoms with Crippen LogP contribution in [0.1, 0.15) is 10.4 Å². The lowest BCUT2D eigenvalue weighted by molar-refractivity contribution is -0.384. The Hall–Kier alpha value is -4.19. The maximum absolute atomic E-state index is 12.5. The zero-order valence-electron chi connectivity index (χ0n) is 20.3. The topological polar surface area (TPSA) is 121 Å². The lowest BCUT2D eigenvalue weighted by atomic mass is 10.2. The number of anilines is 3. The summed E-state index contributed by atoms with van der Waals surface area (Å²) in [6.45, 7) is 3.79. The molecule has 0 spiro atoms. The molecule has 0 radical (unpaired) electrons. The third-order valence-electron chi connectivity index (χ3n) is 6.51. The molecule has 1 unspecified atom stereocenters. The lowest BCUT2D eigenvalue weighted by Crippen LogP contribution is -2.46. The van der Waals surface area contributed by atoms with E-state index in [-0.39, 0.29) is 24.3 Å². The number of nitrogens with zero attached hydrogens (tertiary/aromatic N) is 5. The number of amides is 2. The average Bonchev–Trinajstić information content (AvgIpc) is 3.32. The van der Waals surface area contributed by atoms with E-state index in [4.69, 9.17) is 4.74 Å². The Morgan fingerprint density at radius 3 is 2.42 bits per heavy atom. The number of ether oxygens (including phenoxy) is 1. The number of hydrogen-bond acceptors (Lipinski definition) is 8. The van der Waals surface area contributed by atoms with Crippen LogP contribution >= 0.6 is 15.9 Å². The molecular formula is C26H25BrN6O5. The lowest BCUT2D eigenvalue weighted by Gasteiger charge is -2.36. The number of halogens is 1. The summed E-state index contributed by atoms with van der Waals surface area (Å²) >= 11 is 3.43. The van der Waals surface area contributed by atoms with Crippen LogP contribution in [0.3, 0.4) is 0 Å². The van der Waals surface area contributed by atoms with E-state index in [0.717, 1.165) is 42.3 Å². The van der Waals surface area contributed by atoms with E-state index in [1.54, 1.807) is 0 Å². The molecule has 196 valence electrons. The van der Waals surface area contributed by atoms with E-state index >= 15 is 0 Å². The Bertz CT molecular complexity index is 1350. The first-order valence-corrected chi connectivity index (χ1v) is 12.9. The second-order valence-corrected chi connectivity index (χ2v) is 9.76. The minimum absolute atomic E-state index is 0.0962. The van der Waals surface area contributed by atoms with Crippen LogP contribution in [-0.4, -0.2) is 67.3 Å². The van der Waals surface area contributed by atoms with E-state index in [0.29, 0.717) is 5.69 Å². The SMILES string of the molecule is O=C(NCC1CN(c2ccc(N3CCN(c4cccc(Br)n4)CC3)cc2)C(=O)O1)c1cccc([N+](=O)[O-])c1. The van der Waals surface area contributed by atoms with Gasteiger partial charge in [-0.05, 0) is 58.4 Å². The molecule has 38 heavy (non-hydrogen) atoms. The highest BCUT2D eigenvalue weighted by Crippen LogP contribution is 2.26. The van der Waals surface area contributed by atoms with E-state index in [1.807, 2.05) is 42.5 Å². The summed E-state index contributed by atoms with van der Waals surface area (Å²) in [7, 11) is 0. The van der Waals surface area contributed by atoms with Gasteiger partial charge >= 0.3 is 6.09 Å². The van der Waals surface area contributed by atoms with Gasteiger partial charge in [0.25, 0.3) is 11.6 Å². The number of aromatic nitrogens is 1. The normalized spacial score (nSPS) is 17.3. The van der Waals surface area contributed by atoms with Crippen molar-refractivity contribution in [3.63, 3.8) is 0 Å². The Balaban J connectivity index is 1.14. The monoisotopic (exact) mass is 580 g/mol. The van der Waals surface area contributed by atoms with E-state index in [1.165, 1.54) is 29.2 Å². The van der Waals surface area contributed by atoms with Crippen molar-refractivity contribution in [1.82, 2.24) is 10.3 Å². The molecular weight excluding hydrogens is 556 g/mol. The van der Waals surface area contributed by atoms with Gasteiger partial charge in [-0.3, -0.25) is 19.8 Å². The van der Waals surface area contributed by atoms with Crippen LogP contribution < -0.4 is 20.0 Å². The number of carbonyl (C=O) groups excluding carboxylic acids is 2. The highest BCUT2D eigenvalue weighted by atomic mass is 79.9. The molecule has 2 aromatic carbocycles. The summed E-state index contributed by atoms with van der Waals surface area (Å²) in [6, 6.07) is 19.2. The van der Waals surface area contributed by atoms with Gasteiger partial charge < -0.3 is 19.9 Å². The van der Waals surface area contributed by atoms with Crippen molar-refractivity contribution in [2.75, 3.05) is 54.0 Å². The summed E-state index contributed by atoms with van der Waals surface area (Å²) in [5.74, 6) is 0.487. The molecule has 2 aliphatic heterocycles. The number of piperazine rings is 1. The van der Waals surface area contributed by atoms with Gasteiger partial charge in [0.1, 0.15) is 16.5 Å². The third kappa shape index (κ3) is 5.70. The van der Waals surface area contributed by atoms with Crippen molar-refractivity contribution >= 4 is 50.8 Å². The molecule has 12 heteroatoms. The zero-order valence-corrected chi connectivity index (χ0v) is 21.9. The molecule has 2 amide bonds. The molecule has 0 saturated carbocycles. The highest BCUT2D eigenvalue weighted by Gasteiger charge is 2.32. The van der Waals surface area contributed by atoms with E-state index in [2.05, 4.69) is 36.0 Å². The molecule has 11 nitrogen and oxygen atoms in total. The molecule has 2 saturated heterocycles. The van der Waals surface area contributed by atoms with Gasteiger partial charge in [0.2, 0.25) is 0 Å². The maximum Gasteiger partial charge on any atom is 0.414 e. The van der Waals surface area contributed by atoms with Crippen LogP contribution in [0.15, 0.2) is 71.3 Å². The Kier molecular flexibility index (Phi) is 7.40. The number of cyclic esters (lactones) is 1. The zero-order chi connectivity index (χ0) is 26.6. The number of nitro benzene ring substituents is 1. The van der Waals surface area contributed by atoms with Gasteiger partial charge in [0, 0.05) is 55.2 Å². The molecule has 3 aromatic rings. The molecule has 3 heterocycles. The standard InChI is InChI=1S/C26H25BrN6O5/c27-23-5-2-6-24(29-23)31-13-11-30(12-14-31)19-7-9-20(10-8-19)32-17-22(38-26(32)35)16-28-25(34)18-3-1-4-21(15-18)33(36)37/h1-10,15,22H,11-14,16-17H2,(H,28,34). The van der Waals surface area contributed by atoms with Crippen LogP contribution in [-0.2, 0) is 4.74 Å². The van der Waals surface area contributed by atoms with Gasteiger partial charge in [-0.25, -0.2) is 9.78 Å². The van der Waals surface area contributed by atoms with Gasteiger partial charge in [0.15, 0.2) is 0 Å². The Labute approximate surface area is 227 Å². The number of pyridine rings is 1. The van der Waals surface area contributed by atoms with Crippen molar-refractivity contribution in [3.8, 4) is 0 Å². The summed E-state index contributed by atoms with van der Waals surface area (Å²) in [5, 5.41) is 13.6. The molecule has 1 aromatic heterocycles. The first kappa shape index (κ1) is 25.5. The minimum atomic E-state index is -0.556. The minimum Gasteiger partial charge on any atom is -0.442 e. The fraction of sp³-hybridized carbons (Fsp3) is 0.269. The van der Waals surface area contributed by atoms with E-state index in [9.17, 15) is 19.7 Å². The van der Waals surface area contributed by atoms with E-state index < -0.39 is 23.0 Å². The molecule has 0 bridgehead atoms. The van der Waals surface area contributed by atoms with Crippen molar-refractivity contribution < 1.29 is 19.2 Å². The third-order valence-corrected chi connectivity index (χ3v) is 6.96. The number of nitro groups is 1. The first-order valence-electron chi connectivity index (χ1n) is 12.1. The number of benzene rings is 2. The van der Waals surface area contributed by atoms with Gasteiger partial charge in [-0.2, -0.15) is 0 Å². The largest absolute Gasteiger partial charge is 0.442 e. The maximum atomic E-state index is 12.5. The Morgan fingerprint density at radius 2 is 1.71 bits per heavy atom. The first-order chi connectivity index (χ1) is 18.4. The van der Waals surface area contributed by atoms with Crippen LogP contribution in [0.2, 0.25) is 0 Å². The molecule has 1 N–H and O–H groups in total. The van der Waals surface area contributed by atoms with Crippen molar-refractivity contribution in [3.05, 3.63) is 87.0 Å². The van der Waals surface area contributed by atoms with Crippen molar-refractivity contribution in [2.45, 2.75) is 6.10 Å². The predicted molar refractivity (Wildman–Crippen MR) is 146 cm³/mol. The summed E-state index contributed by atoms with van der Waals surface area (Å²) in [6.07, 6.45) is -1.02. The molecule has 0 aliphatic carbocycles. The van der Waals surface area contributed by atoms with Crippen LogP contribution in [0, 0.1) is 10.1 Å². The number of hydrogen-bond donors (Lipinski definition) is 1. The predicted octanol–water partition coefficient (Wildman–Crippen LogP) is 3.83. The van der Waals surface area contributed by atoms with Crippen LogP contribution in [0.4, 0.5) is 27.7 Å². The average molecular weight is 581 g/mol. The fourth-order valence-corrected chi connectivity index (χ4v) is 4.85. The summed E-state index contributed by atoms with van der Waals surface area (Å²) < 4.78 is 6.24. The number of rotatable bonds is 7. The van der Waals surface area contributed by atoms with Crippen LogP contribution in [0.25, 0.3) is 0 Å². The summed E-state index contributed by atoms with van der Waals surface area (Å²) in [5.41, 5.74) is 1.79. The fourth-order valence-electron chi connectivity index (χ4n) is 4.52. The van der Waals surface area contributed by atoms with Crippen molar-refractivity contribution in [2.24, 2.45) is 0 Å². The van der Waals surface area contributed by atoms with Crippen molar-refractivity contribution in [1.29, 1.82) is 0 Å².